The molecule has 0 saturated heterocycles. The van der Waals surface area contributed by atoms with Crippen molar-refractivity contribution >= 4 is 34.3 Å². The summed E-state index contributed by atoms with van der Waals surface area (Å²) in [6.07, 6.45) is 13.6. The minimum atomic E-state index is -0.409. The first-order valence-corrected chi connectivity index (χ1v) is 16.2. The summed E-state index contributed by atoms with van der Waals surface area (Å²) in [4.78, 5) is 26.0. The monoisotopic (exact) mass is 590 g/mol. The maximum absolute atomic E-state index is 13.1. The molecule has 0 N–H and O–H groups in total. The van der Waals surface area contributed by atoms with E-state index in [0.29, 0.717) is 35.4 Å². The van der Waals surface area contributed by atoms with Gasteiger partial charge in [0.05, 0.1) is 29.5 Å². The number of hydrogen-bond donors (Lipinski definition) is 0. The van der Waals surface area contributed by atoms with Crippen molar-refractivity contribution in [2.75, 3.05) is 13.2 Å². The molecule has 0 amide bonds. The van der Waals surface area contributed by atoms with Gasteiger partial charge >= 0.3 is 11.9 Å². The molecule has 0 bridgehead atoms. The highest BCUT2D eigenvalue weighted by Gasteiger charge is 2.29. The molecule has 2 aromatic rings. The number of esters is 2. The predicted octanol–water partition coefficient (Wildman–Crippen LogP) is 10.2. The molecule has 0 aliphatic heterocycles. The van der Waals surface area contributed by atoms with Gasteiger partial charge in [0.1, 0.15) is 0 Å². The van der Waals surface area contributed by atoms with Crippen LogP contribution < -0.4 is 18.9 Å². The Morgan fingerprint density at radius 2 is 1.22 bits per heavy atom. The van der Waals surface area contributed by atoms with Crippen LogP contribution in [0.5, 0.6) is 23.0 Å². The summed E-state index contributed by atoms with van der Waals surface area (Å²) in [5, 5.41) is 1.39. The van der Waals surface area contributed by atoms with E-state index in [9.17, 15) is 9.59 Å². The van der Waals surface area contributed by atoms with Crippen LogP contribution in [0.25, 0.3) is 10.8 Å². The van der Waals surface area contributed by atoms with Gasteiger partial charge in [-0.15, -0.1) is 0 Å². The molecule has 2 rings (SSSR count). The fourth-order valence-corrected chi connectivity index (χ4v) is 4.77. The lowest BCUT2D eigenvalue weighted by Gasteiger charge is -2.22. The maximum atomic E-state index is 13.1. The molecule has 6 nitrogen and oxygen atoms in total. The second-order valence-electron chi connectivity index (χ2n) is 11.0. The molecule has 41 heavy (non-hydrogen) atoms. The molecule has 0 atom stereocenters. The van der Waals surface area contributed by atoms with Gasteiger partial charge in [0, 0.05) is 11.8 Å². The van der Waals surface area contributed by atoms with Crippen LogP contribution in [0.2, 0.25) is 5.02 Å². The van der Waals surface area contributed by atoms with Gasteiger partial charge in [-0.25, -0.2) is 0 Å². The average Bonchev–Trinajstić information content (AvgIpc) is 2.95. The highest BCUT2D eigenvalue weighted by molar-refractivity contribution is 6.36. The van der Waals surface area contributed by atoms with Crippen molar-refractivity contribution in [3.63, 3.8) is 0 Å². The molecule has 2 aromatic carbocycles. The van der Waals surface area contributed by atoms with E-state index >= 15 is 0 Å². The Hall–Kier alpha value is -2.47. The Bertz CT molecular complexity index is 1080. The number of carbonyl (C=O) groups is 2. The van der Waals surface area contributed by atoms with Gasteiger partial charge in [0.25, 0.3) is 0 Å². The molecule has 0 unspecified atom stereocenters. The number of benzene rings is 2. The number of halogens is 1. The summed E-state index contributed by atoms with van der Waals surface area (Å²) in [5.74, 6) is -0.0806. The molecule has 0 aromatic heterocycles. The maximum Gasteiger partial charge on any atom is 0.313 e. The highest BCUT2D eigenvalue weighted by atomic mass is 35.5. The van der Waals surface area contributed by atoms with Crippen molar-refractivity contribution in [3.8, 4) is 23.0 Å². The zero-order chi connectivity index (χ0) is 30.0. The molecule has 7 heteroatoms. The SMILES string of the molecule is CCCCCCCC(=O)Oc1c(OCCCCCC)c(OCCCCCC)c(OC(=O)C(C)C)c2c(Cl)cccc12. The fourth-order valence-electron chi connectivity index (χ4n) is 4.51. The largest absolute Gasteiger partial charge is 0.486 e. The Kier molecular flexibility index (Phi) is 16.6. The van der Waals surface area contributed by atoms with Crippen LogP contribution in [0.3, 0.4) is 0 Å². The molecular formula is C34H51ClO6. The van der Waals surface area contributed by atoms with Gasteiger partial charge in [0.2, 0.25) is 11.5 Å². The molecule has 0 heterocycles. The van der Waals surface area contributed by atoms with Crippen LogP contribution in [0.15, 0.2) is 18.2 Å². The van der Waals surface area contributed by atoms with Crippen molar-refractivity contribution in [1.29, 1.82) is 0 Å². The molecular weight excluding hydrogens is 540 g/mol. The normalized spacial score (nSPS) is 11.2. The molecule has 0 radical (unpaired) electrons. The summed E-state index contributed by atoms with van der Waals surface area (Å²) < 4.78 is 24.7. The van der Waals surface area contributed by atoms with Gasteiger partial charge in [0.15, 0.2) is 11.5 Å². The molecule has 0 fully saturated rings. The predicted molar refractivity (Wildman–Crippen MR) is 168 cm³/mol. The number of ether oxygens (including phenoxy) is 4. The first-order chi connectivity index (χ1) is 19.8. The van der Waals surface area contributed by atoms with Crippen LogP contribution in [0.4, 0.5) is 0 Å². The Balaban J connectivity index is 2.60. The Morgan fingerprint density at radius 3 is 1.78 bits per heavy atom. The third-order valence-corrected chi connectivity index (χ3v) is 7.28. The molecule has 0 aliphatic rings. The molecule has 0 aliphatic carbocycles. The fraction of sp³-hybridized carbons (Fsp3) is 0.647. The third-order valence-electron chi connectivity index (χ3n) is 6.97. The zero-order valence-corrected chi connectivity index (χ0v) is 26.7. The number of unbranched alkanes of at least 4 members (excludes halogenated alkanes) is 10. The van der Waals surface area contributed by atoms with E-state index in [1.165, 1.54) is 0 Å². The van der Waals surface area contributed by atoms with Gasteiger partial charge in [-0.2, -0.15) is 0 Å². The lowest BCUT2D eigenvalue weighted by molar-refractivity contribution is -0.138. The number of rotatable bonds is 21. The van der Waals surface area contributed by atoms with Crippen molar-refractivity contribution in [2.24, 2.45) is 5.92 Å². The first kappa shape index (κ1) is 34.7. The van der Waals surface area contributed by atoms with E-state index in [0.717, 1.165) is 83.5 Å². The van der Waals surface area contributed by atoms with E-state index in [1.54, 1.807) is 26.0 Å². The van der Waals surface area contributed by atoms with Crippen molar-refractivity contribution < 1.29 is 28.5 Å². The molecule has 0 spiro atoms. The summed E-state index contributed by atoms with van der Waals surface area (Å²) >= 11 is 6.73. The summed E-state index contributed by atoms with van der Waals surface area (Å²) in [5.41, 5.74) is 0. The summed E-state index contributed by atoms with van der Waals surface area (Å²) in [7, 11) is 0. The Labute approximate surface area is 252 Å². The summed E-state index contributed by atoms with van der Waals surface area (Å²) in [6.45, 7) is 10.9. The van der Waals surface area contributed by atoms with E-state index < -0.39 is 5.97 Å². The lowest BCUT2D eigenvalue weighted by atomic mass is 10.1. The van der Waals surface area contributed by atoms with Gasteiger partial charge < -0.3 is 18.9 Å². The minimum Gasteiger partial charge on any atom is -0.486 e. The molecule has 0 saturated carbocycles. The first-order valence-electron chi connectivity index (χ1n) is 15.8. The Morgan fingerprint density at radius 1 is 0.683 bits per heavy atom. The summed E-state index contributed by atoms with van der Waals surface area (Å²) in [6, 6.07) is 5.33. The average molecular weight is 591 g/mol. The number of fused-ring (bicyclic) bond motifs is 1. The van der Waals surface area contributed by atoms with Crippen LogP contribution in [0, 0.1) is 5.92 Å². The van der Waals surface area contributed by atoms with Gasteiger partial charge in [-0.3, -0.25) is 9.59 Å². The molecule has 230 valence electrons. The standard InChI is InChI=1S/C34H51ClO6/c1-6-9-12-15-16-22-28(36)40-30-26-20-19-21-27(35)29(26)31(41-34(37)25(4)5)33(39-24-18-14-11-8-3)32(30)38-23-17-13-10-7-2/h19-21,25H,6-18,22-24H2,1-5H3. The van der Waals surface area contributed by atoms with Crippen molar-refractivity contribution in [2.45, 2.75) is 125 Å². The van der Waals surface area contributed by atoms with Crippen LogP contribution in [-0.4, -0.2) is 25.2 Å². The topological polar surface area (TPSA) is 71.1 Å². The van der Waals surface area contributed by atoms with Crippen molar-refractivity contribution in [3.05, 3.63) is 23.2 Å². The minimum absolute atomic E-state index is 0.211. The van der Waals surface area contributed by atoms with E-state index in [-0.39, 0.29) is 34.9 Å². The van der Waals surface area contributed by atoms with E-state index in [2.05, 4.69) is 20.8 Å². The van der Waals surface area contributed by atoms with Crippen LogP contribution in [-0.2, 0) is 9.59 Å². The second kappa shape index (κ2) is 19.6. The lowest BCUT2D eigenvalue weighted by Crippen LogP contribution is -2.17. The van der Waals surface area contributed by atoms with Crippen LogP contribution >= 0.6 is 11.6 Å². The number of carbonyl (C=O) groups excluding carboxylic acids is 2. The van der Waals surface area contributed by atoms with Gasteiger partial charge in [-0.05, 0) is 25.3 Å². The zero-order valence-electron chi connectivity index (χ0n) is 26.0. The van der Waals surface area contributed by atoms with Crippen molar-refractivity contribution in [1.82, 2.24) is 0 Å². The third kappa shape index (κ3) is 11.4. The van der Waals surface area contributed by atoms with E-state index in [4.69, 9.17) is 30.5 Å². The highest BCUT2D eigenvalue weighted by Crippen LogP contribution is 2.53. The number of hydrogen-bond acceptors (Lipinski definition) is 6. The quantitative estimate of drug-likeness (QED) is 0.0818. The van der Waals surface area contributed by atoms with E-state index in [1.807, 2.05) is 6.07 Å². The van der Waals surface area contributed by atoms with Crippen LogP contribution in [0.1, 0.15) is 125 Å². The second-order valence-corrected chi connectivity index (χ2v) is 11.4. The smallest absolute Gasteiger partial charge is 0.313 e. The van der Waals surface area contributed by atoms with Gasteiger partial charge in [-0.1, -0.05) is 123 Å².